The van der Waals surface area contributed by atoms with Crippen LogP contribution < -0.4 is 0 Å². The zero-order valence-electron chi connectivity index (χ0n) is 15.1. The summed E-state index contributed by atoms with van der Waals surface area (Å²) in [6.45, 7) is 2.19. The van der Waals surface area contributed by atoms with E-state index >= 15 is 0 Å². The van der Waals surface area contributed by atoms with Crippen molar-refractivity contribution in [2.24, 2.45) is 35.5 Å². The molecule has 0 radical (unpaired) electrons. The second kappa shape index (κ2) is 7.34. The molecule has 3 aliphatic rings. The largest absolute Gasteiger partial charge is 0.391 e. The number of alkyl halides is 5. The van der Waals surface area contributed by atoms with Gasteiger partial charge in [0, 0.05) is 12.8 Å². The van der Waals surface area contributed by atoms with Crippen LogP contribution in [0.4, 0.5) is 22.0 Å². The van der Waals surface area contributed by atoms with Gasteiger partial charge in [-0.2, -0.15) is 13.2 Å². The molecule has 0 amide bonds. The van der Waals surface area contributed by atoms with Gasteiger partial charge in [-0.3, -0.25) is 0 Å². The maximum atomic E-state index is 13.5. The van der Waals surface area contributed by atoms with Crippen molar-refractivity contribution in [3.05, 3.63) is 0 Å². The summed E-state index contributed by atoms with van der Waals surface area (Å²) >= 11 is 0. The molecule has 0 saturated heterocycles. The van der Waals surface area contributed by atoms with Gasteiger partial charge in [0.1, 0.15) is 0 Å². The van der Waals surface area contributed by atoms with E-state index in [1.165, 1.54) is 6.42 Å². The molecule has 0 N–H and O–H groups in total. The second-order valence-corrected chi connectivity index (χ2v) is 9.00. The molecule has 3 saturated carbocycles. The van der Waals surface area contributed by atoms with E-state index in [0.29, 0.717) is 31.1 Å². The van der Waals surface area contributed by atoms with Crippen LogP contribution in [0.2, 0.25) is 0 Å². The van der Waals surface area contributed by atoms with Gasteiger partial charge in [-0.15, -0.1) is 0 Å². The van der Waals surface area contributed by atoms with E-state index < -0.39 is 18.0 Å². The van der Waals surface area contributed by atoms with Crippen LogP contribution in [0, 0.1) is 35.5 Å². The number of hydrogen-bond donors (Lipinski definition) is 0. The quantitative estimate of drug-likeness (QED) is 0.452. The smallest absolute Gasteiger partial charge is 0.207 e. The molecule has 0 bridgehead atoms. The molecule has 0 heterocycles. The molecule has 3 rings (SSSR count). The fourth-order valence-electron chi connectivity index (χ4n) is 6.08. The van der Waals surface area contributed by atoms with Crippen molar-refractivity contribution >= 4 is 0 Å². The van der Waals surface area contributed by atoms with Crippen molar-refractivity contribution in [2.75, 3.05) is 0 Å². The minimum absolute atomic E-state index is 0.0763. The van der Waals surface area contributed by atoms with Crippen molar-refractivity contribution < 1.29 is 22.0 Å². The van der Waals surface area contributed by atoms with E-state index in [0.717, 1.165) is 19.3 Å². The van der Waals surface area contributed by atoms with E-state index in [9.17, 15) is 22.0 Å². The lowest BCUT2D eigenvalue weighted by Gasteiger charge is -2.48. The Morgan fingerprint density at radius 1 is 0.760 bits per heavy atom. The van der Waals surface area contributed by atoms with Gasteiger partial charge in [-0.25, -0.2) is 8.78 Å². The highest BCUT2D eigenvalue weighted by atomic mass is 19.4. The minimum atomic E-state index is -4.11. The molecule has 3 fully saturated rings. The van der Waals surface area contributed by atoms with Crippen LogP contribution in [0.1, 0.15) is 77.6 Å². The third-order valence-corrected chi connectivity index (χ3v) is 7.51. The molecular formula is C20H31F5. The van der Waals surface area contributed by atoms with Crippen LogP contribution in [0.15, 0.2) is 0 Å². The fourth-order valence-corrected chi connectivity index (χ4v) is 6.08. The highest BCUT2D eigenvalue weighted by Crippen LogP contribution is 2.54. The van der Waals surface area contributed by atoms with E-state index in [1.54, 1.807) is 0 Å². The maximum Gasteiger partial charge on any atom is 0.391 e. The molecule has 3 aliphatic carbocycles. The van der Waals surface area contributed by atoms with E-state index in [1.807, 2.05) is 0 Å². The fraction of sp³-hybridized carbons (Fsp3) is 1.00. The van der Waals surface area contributed by atoms with E-state index in [-0.39, 0.29) is 43.4 Å². The van der Waals surface area contributed by atoms with Crippen LogP contribution in [0.3, 0.4) is 0 Å². The summed E-state index contributed by atoms with van der Waals surface area (Å²) in [5, 5.41) is 0. The van der Waals surface area contributed by atoms with Gasteiger partial charge in [0.2, 0.25) is 5.92 Å². The number of rotatable bonds is 2. The predicted octanol–water partition coefficient (Wildman–Crippen LogP) is 7.23. The lowest BCUT2D eigenvalue weighted by atomic mass is 9.58. The first-order valence-corrected chi connectivity index (χ1v) is 10.1. The van der Waals surface area contributed by atoms with Crippen molar-refractivity contribution in [2.45, 2.75) is 89.7 Å². The van der Waals surface area contributed by atoms with Crippen LogP contribution in [-0.4, -0.2) is 12.1 Å². The van der Waals surface area contributed by atoms with Crippen molar-refractivity contribution in [3.8, 4) is 0 Å². The van der Waals surface area contributed by atoms with E-state index in [2.05, 4.69) is 6.92 Å². The summed E-state index contributed by atoms with van der Waals surface area (Å²) in [7, 11) is 0. The molecule has 5 atom stereocenters. The van der Waals surface area contributed by atoms with Gasteiger partial charge in [0.05, 0.1) is 5.92 Å². The molecule has 146 valence electrons. The molecule has 0 aromatic carbocycles. The highest BCUT2D eigenvalue weighted by Gasteiger charge is 2.50. The Morgan fingerprint density at radius 2 is 1.40 bits per heavy atom. The molecular weight excluding hydrogens is 335 g/mol. The zero-order valence-corrected chi connectivity index (χ0v) is 15.1. The van der Waals surface area contributed by atoms with Gasteiger partial charge in [0.25, 0.3) is 0 Å². The van der Waals surface area contributed by atoms with Crippen LogP contribution in [0.5, 0.6) is 0 Å². The lowest BCUT2D eigenvalue weighted by Crippen LogP contribution is -2.43. The summed E-state index contributed by atoms with van der Waals surface area (Å²) in [5.41, 5.74) is 0. The predicted molar refractivity (Wildman–Crippen MR) is 88.4 cm³/mol. The average molecular weight is 366 g/mol. The summed E-state index contributed by atoms with van der Waals surface area (Å²) in [6, 6.07) is 0. The summed E-state index contributed by atoms with van der Waals surface area (Å²) in [6.07, 6.45) is 2.13. The molecule has 0 aromatic rings. The van der Waals surface area contributed by atoms with Crippen molar-refractivity contribution in [1.82, 2.24) is 0 Å². The SMILES string of the molecule is CC1CCCCC1C1CC(C(F)(F)F)CCC1C1CCC(F)(F)CC1. The van der Waals surface area contributed by atoms with Gasteiger partial charge in [-0.05, 0) is 68.1 Å². The standard InChI is InChI=1S/C20H31F5/c1-13-4-2-3-5-16(13)18-12-15(20(23,24)25)6-7-17(18)14-8-10-19(21,22)11-9-14/h13-18H,2-12H2,1H3. The van der Waals surface area contributed by atoms with Gasteiger partial charge in [0.15, 0.2) is 0 Å². The monoisotopic (exact) mass is 366 g/mol. The number of hydrogen-bond acceptors (Lipinski definition) is 0. The highest BCUT2D eigenvalue weighted by molar-refractivity contribution is 4.94. The van der Waals surface area contributed by atoms with Crippen LogP contribution in [-0.2, 0) is 0 Å². The van der Waals surface area contributed by atoms with E-state index in [4.69, 9.17) is 0 Å². The Labute approximate surface area is 147 Å². The first kappa shape index (κ1) is 19.4. The summed E-state index contributed by atoms with van der Waals surface area (Å²) < 4.78 is 67.1. The van der Waals surface area contributed by atoms with Gasteiger partial charge in [-0.1, -0.05) is 26.2 Å². The first-order valence-electron chi connectivity index (χ1n) is 10.1. The first-order chi connectivity index (χ1) is 11.7. The lowest BCUT2D eigenvalue weighted by molar-refractivity contribution is -0.195. The van der Waals surface area contributed by atoms with Crippen LogP contribution in [0.25, 0.3) is 0 Å². The summed E-state index contributed by atoms with van der Waals surface area (Å²) in [5.74, 6) is -2.43. The summed E-state index contributed by atoms with van der Waals surface area (Å²) in [4.78, 5) is 0. The Morgan fingerprint density at radius 3 is 2.00 bits per heavy atom. The minimum Gasteiger partial charge on any atom is -0.207 e. The topological polar surface area (TPSA) is 0 Å². The van der Waals surface area contributed by atoms with Gasteiger partial charge < -0.3 is 0 Å². The third-order valence-electron chi connectivity index (χ3n) is 7.51. The van der Waals surface area contributed by atoms with Gasteiger partial charge >= 0.3 is 6.18 Å². The zero-order chi connectivity index (χ0) is 18.2. The molecule has 0 spiro atoms. The Kier molecular flexibility index (Phi) is 5.70. The van der Waals surface area contributed by atoms with Crippen molar-refractivity contribution in [3.63, 3.8) is 0 Å². The molecule has 5 heteroatoms. The Hall–Kier alpha value is -0.350. The Bertz CT molecular complexity index is 434. The molecule has 0 aromatic heterocycles. The molecule has 5 unspecified atom stereocenters. The molecule has 0 nitrogen and oxygen atoms in total. The average Bonchev–Trinajstić information content (AvgIpc) is 2.54. The molecule has 25 heavy (non-hydrogen) atoms. The van der Waals surface area contributed by atoms with Crippen molar-refractivity contribution in [1.29, 1.82) is 0 Å². The third kappa shape index (κ3) is 4.50. The maximum absolute atomic E-state index is 13.5. The van der Waals surface area contributed by atoms with Crippen LogP contribution >= 0.6 is 0 Å². The molecule has 0 aliphatic heterocycles. The number of halogens is 5. The second-order valence-electron chi connectivity index (χ2n) is 9.00. The Balaban J connectivity index is 1.75. The normalized spacial score (nSPS) is 40.8.